The molecule has 160 valence electrons. The highest BCUT2D eigenvalue weighted by atomic mass is 35.5. The lowest BCUT2D eigenvalue weighted by Gasteiger charge is -2.32. The zero-order chi connectivity index (χ0) is 22.1. The Kier molecular flexibility index (Phi) is 5.42. The number of halogens is 1. The van der Waals surface area contributed by atoms with E-state index in [0.29, 0.717) is 16.1 Å². The van der Waals surface area contributed by atoms with Crippen LogP contribution in [0.1, 0.15) is 22.0 Å². The van der Waals surface area contributed by atoms with Gasteiger partial charge >= 0.3 is 0 Å². The van der Waals surface area contributed by atoms with Gasteiger partial charge in [0, 0.05) is 16.1 Å². The topological polar surface area (TPSA) is 88.8 Å². The molecule has 3 heterocycles. The van der Waals surface area contributed by atoms with E-state index in [2.05, 4.69) is 31.9 Å². The molecule has 0 saturated carbocycles. The molecule has 1 aliphatic heterocycles. The molecule has 0 fully saturated rings. The fourth-order valence-electron chi connectivity index (χ4n) is 3.59. The van der Waals surface area contributed by atoms with Crippen molar-refractivity contribution in [3.05, 3.63) is 87.9 Å². The van der Waals surface area contributed by atoms with Gasteiger partial charge in [-0.25, -0.2) is 4.98 Å². The van der Waals surface area contributed by atoms with Crippen LogP contribution < -0.4 is 10.2 Å². The van der Waals surface area contributed by atoms with Crippen molar-refractivity contribution in [2.45, 2.75) is 13.0 Å². The maximum absolute atomic E-state index is 12.9. The largest absolute Gasteiger partial charge is 0.300 e. The molecule has 10 heteroatoms. The van der Waals surface area contributed by atoms with Crippen LogP contribution in [0.3, 0.4) is 0 Å². The van der Waals surface area contributed by atoms with Crippen LogP contribution in [0, 0.1) is 6.92 Å². The summed E-state index contributed by atoms with van der Waals surface area (Å²) in [5, 5.41) is 16.4. The first-order valence-corrected chi connectivity index (χ1v) is 11.1. The highest BCUT2D eigenvalue weighted by molar-refractivity contribution is 7.15. The van der Waals surface area contributed by atoms with Crippen LogP contribution in [0.5, 0.6) is 0 Å². The number of thiazole rings is 1. The second kappa shape index (κ2) is 8.52. The number of allylic oxidation sites excluding steroid dienone is 1. The van der Waals surface area contributed by atoms with Crippen molar-refractivity contribution >= 4 is 45.6 Å². The number of anilines is 2. The summed E-state index contributed by atoms with van der Waals surface area (Å²) in [6.07, 6.45) is 3.79. The fourth-order valence-corrected chi connectivity index (χ4v) is 4.40. The van der Waals surface area contributed by atoms with E-state index < -0.39 is 0 Å². The van der Waals surface area contributed by atoms with Crippen LogP contribution in [-0.2, 0) is 4.79 Å². The molecule has 32 heavy (non-hydrogen) atoms. The molecule has 2 aromatic carbocycles. The molecule has 0 bridgehead atoms. The van der Waals surface area contributed by atoms with Gasteiger partial charge in [0.15, 0.2) is 5.13 Å². The van der Waals surface area contributed by atoms with Gasteiger partial charge in [-0.2, -0.15) is 4.68 Å². The van der Waals surface area contributed by atoms with Crippen LogP contribution >= 0.6 is 22.9 Å². The number of nitrogens with one attached hydrogen (secondary N) is 1. The SMILES string of the molecule is Cc1cnc(NC(=O)CN2C(c3ccccc3)=C[C@@H](c3ccc(Cl)cc3)n3nnnc32)s1. The van der Waals surface area contributed by atoms with E-state index in [1.165, 1.54) is 11.3 Å². The Bertz CT molecular complexity index is 1280. The van der Waals surface area contributed by atoms with Gasteiger partial charge in [0.2, 0.25) is 5.91 Å². The van der Waals surface area contributed by atoms with Crippen molar-refractivity contribution in [1.82, 2.24) is 25.2 Å². The fraction of sp³-hybridized carbons (Fsp3) is 0.136. The monoisotopic (exact) mass is 463 g/mol. The average molecular weight is 464 g/mol. The summed E-state index contributed by atoms with van der Waals surface area (Å²) in [6, 6.07) is 17.2. The minimum atomic E-state index is -0.242. The zero-order valence-corrected chi connectivity index (χ0v) is 18.6. The van der Waals surface area contributed by atoms with E-state index in [1.54, 1.807) is 10.9 Å². The van der Waals surface area contributed by atoms with E-state index in [4.69, 9.17) is 11.6 Å². The van der Waals surface area contributed by atoms with E-state index >= 15 is 0 Å². The van der Waals surface area contributed by atoms with Gasteiger partial charge in [-0.15, -0.1) is 11.3 Å². The number of carbonyl (C=O) groups is 1. The molecule has 0 radical (unpaired) electrons. The Morgan fingerprint density at radius 2 is 1.94 bits per heavy atom. The number of fused-ring (bicyclic) bond motifs is 1. The van der Waals surface area contributed by atoms with Gasteiger partial charge in [-0.05, 0) is 46.7 Å². The quantitative estimate of drug-likeness (QED) is 0.477. The zero-order valence-electron chi connectivity index (χ0n) is 17.0. The number of nitrogens with zero attached hydrogens (tertiary/aromatic N) is 6. The number of tetrazole rings is 1. The standard InChI is InChI=1S/C22H18ClN7OS/c1-14-12-24-21(32-14)25-20(31)13-29-18(15-5-3-2-4-6-15)11-19(30-22(29)26-27-28-30)16-7-9-17(23)10-8-16/h2-12,19H,13H2,1H3,(H,24,25,31)/t19-/m0/s1. The van der Waals surface area contributed by atoms with Crippen LogP contribution in [-0.4, -0.2) is 37.6 Å². The van der Waals surface area contributed by atoms with Crippen molar-refractivity contribution in [3.8, 4) is 0 Å². The molecular formula is C22H18ClN7OS. The second-order valence-corrected chi connectivity index (χ2v) is 8.92. The second-order valence-electron chi connectivity index (χ2n) is 7.25. The molecule has 1 N–H and O–H groups in total. The third-order valence-electron chi connectivity index (χ3n) is 5.04. The molecule has 1 atom stereocenters. The predicted octanol–water partition coefficient (Wildman–Crippen LogP) is 4.18. The van der Waals surface area contributed by atoms with E-state index in [-0.39, 0.29) is 18.5 Å². The first-order chi connectivity index (χ1) is 15.6. The van der Waals surface area contributed by atoms with Crippen molar-refractivity contribution < 1.29 is 4.79 Å². The maximum atomic E-state index is 12.9. The lowest BCUT2D eigenvalue weighted by Crippen LogP contribution is -2.37. The van der Waals surface area contributed by atoms with Crippen LogP contribution in [0.25, 0.3) is 5.70 Å². The highest BCUT2D eigenvalue weighted by Crippen LogP contribution is 2.36. The molecule has 1 amide bonds. The molecule has 5 rings (SSSR count). The number of benzene rings is 2. The van der Waals surface area contributed by atoms with Gasteiger partial charge in [-0.3, -0.25) is 9.69 Å². The molecule has 0 spiro atoms. The summed E-state index contributed by atoms with van der Waals surface area (Å²) in [7, 11) is 0. The normalized spacial score (nSPS) is 15.2. The average Bonchev–Trinajstić information content (AvgIpc) is 3.44. The Morgan fingerprint density at radius 3 is 2.66 bits per heavy atom. The molecule has 2 aromatic heterocycles. The Morgan fingerprint density at radius 1 is 1.16 bits per heavy atom. The minimum absolute atomic E-state index is 0.0348. The van der Waals surface area contributed by atoms with Crippen LogP contribution in [0.2, 0.25) is 5.02 Å². The summed E-state index contributed by atoms with van der Waals surface area (Å²) in [5.41, 5.74) is 2.79. The van der Waals surface area contributed by atoms with Crippen LogP contribution in [0.15, 0.2) is 66.9 Å². The van der Waals surface area contributed by atoms with Gasteiger partial charge in [0.05, 0.1) is 5.70 Å². The summed E-state index contributed by atoms with van der Waals surface area (Å²) < 4.78 is 1.70. The summed E-state index contributed by atoms with van der Waals surface area (Å²) >= 11 is 7.51. The lowest BCUT2D eigenvalue weighted by molar-refractivity contribution is -0.114. The number of aryl methyl sites for hydroxylation is 1. The third kappa shape index (κ3) is 4.00. The molecule has 4 aromatic rings. The minimum Gasteiger partial charge on any atom is -0.300 e. The third-order valence-corrected chi connectivity index (χ3v) is 6.12. The molecular weight excluding hydrogens is 446 g/mol. The van der Waals surface area contributed by atoms with E-state index in [9.17, 15) is 4.79 Å². The van der Waals surface area contributed by atoms with Crippen molar-refractivity contribution in [2.75, 3.05) is 16.8 Å². The number of hydrogen-bond acceptors (Lipinski definition) is 7. The number of hydrogen-bond donors (Lipinski definition) is 1. The molecule has 8 nitrogen and oxygen atoms in total. The molecule has 0 unspecified atom stereocenters. The van der Waals surface area contributed by atoms with E-state index in [1.807, 2.05) is 66.4 Å². The first kappa shape index (κ1) is 20.3. The number of carbonyl (C=O) groups excluding carboxylic acids is 1. The van der Waals surface area contributed by atoms with Crippen LogP contribution in [0.4, 0.5) is 11.1 Å². The number of rotatable bonds is 5. The number of amides is 1. The number of aromatic nitrogens is 5. The Labute approximate surface area is 193 Å². The van der Waals surface area contributed by atoms with Gasteiger partial charge in [-0.1, -0.05) is 59.2 Å². The van der Waals surface area contributed by atoms with Gasteiger partial charge in [0.25, 0.3) is 5.95 Å². The molecule has 0 aliphatic carbocycles. The predicted molar refractivity (Wildman–Crippen MR) is 125 cm³/mol. The lowest BCUT2D eigenvalue weighted by atomic mass is 10.0. The van der Waals surface area contributed by atoms with Gasteiger partial charge < -0.3 is 5.32 Å². The summed E-state index contributed by atoms with van der Waals surface area (Å²) in [6.45, 7) is 1.98. The summed E-state index contributed by atoms with van der Waals surface area (Å²) in [4.78, 5) is 19.9. The Hall–Kier alpha value is -3.56. The van der Waals surface area contributed by atoms with Crippen molar-refractivity contribution in [3.63, 3.8) is 0 Å². The summed E-state index contributed by atoms with van der Waals surface area (Å²) in [5.74, 6) is 0.275. The first-order valence-electron chi connectivity index (χ1n) is 9.89. The Balaban J connectivity index is 1.53. The molecule has 1 aliphatic rings. The smallest absolute Gasteiger partial charge is 0.251 e. The van der Waals surface area contributed by atoms with Crippen molar-refractivity contribution in [2.24, 2.45) is 0 Å². The van der Waals surface area contributed by atoms with Gasteiger partial charge in [0.1, 0.15) is 12.6 Å². The van der Waals surface area contributed by atoms with E-state index in [0.717, 1.165) is 21.7 Å². The molecule has 0 saturated heterocycles. The van der Waals surface area contributed by atoms with Crippen molar-refractivity contribution in [1.29, 1.82) is 0 Å². The maximum Gasteiger partial charge on any atom is 0.251 e. The highest BCUT2D eigenvalue weighted by Gasteiger charge is 2.32.